The largest absolute Gasteiger partial charge is 0.384 e. The molecule has 0 saturated heterocycles. The molecule has 0 aliphatic rings. The Labute approximate surface area is 145 Å². The van der Waals surface area contributed by atoms with Gasteiger partial charge in [-0.15, -0.1) is 0 Å². The van der Waals surface area contributed by atoms with Gasteiger partial charge in [-0.05, 0) is 29.1 Å². The molecule has 0 aliphatic heterocycles. The van der Waals surface area contributed by atoms with Crippen LogP contribution >= 0.6 is 0 Å². The average Bonchev–Trinajstić information content (AvgIpc) is 2.45. The Morgan fingerprint density at radius 1 is 0.909 bits per heavy atom. The van der Waals surface area contributed by atoms with Crippen molar-refractivity contribution in [2.45, 2.75) is 11.8 Å². The lowest BCUT2D eigenvalue weighted by Crippen LogP contribution is -2.05. The highest BCUT2D eigenvalue weighted by Gasteiger charge is 2.19. The standard InChI is InChI=1S/C17H14O3S.Mg/c1-12(2)20-21(18,19)17-9-5-8-15-14-7-4-3-6-13(14)10-11-16(15)17;/h3-11H,1H2,2H3;. The van der Waals surface area contributed by atoms with E-state index in [1.807, 2.05) is 42.5 Å². The van der Waals surface area contributed by atoms with Crippen LogP contribution < -0.4 is 0 Å². The Morgan fingerprint density at radius 3 is 2.32 bits per heavy atom. The molecule has 2 radical (unpaired) electrons. The third-order valence-corrected chi connectivity index (χ3v) is 4.67. The number of allylic oxidation sites excluding steroid dienone is 1. The summed E-state index contributed by atoms with van der Waals surface area (Å²) in [5.41, 5.74) is 0. The molecule has 0 atom stereocenters. The normalized spacial score (nSPS) is 11.1. The maximum Gasteiger partial charge on any atom is 0.339 e. The van der Waals surface area contributed by atoms with Crippen molar-refractivity contribution in [3.63, 3.8) is 0 Å². The third-order valence-electron chi connectivity index (χ3n) is 3.27. The Morgan fingerprint density at radius 2 is 1.59 bits per heavy atom. The Hall–Kier alpha value is -1.56. The lowest BCUT2D eigenvalue weighted by molar-refractivity contribution is 0.411. The van der Waals surface area contributed by atoms with Crippen molar-refractivity contribution in [2.75, 3.05) is 0 Å². The molecule has 0 unspecified atom stereocenters. The summed E-state index contributed by atoms with van der Waals surface area (Å²) in [5.74, 6) is 0.146. The topological polar surface area (TPSA) is 43.4 Å². The van der Waals surface area contributed by atoms with Crippen molar-refractivity contribution in [3.05, 3.63) is 66.9 Å². The molecule has 5 heteroatoms. The van der Waals surface area contributed by atoms with E-state index in [4.69, 9.17) is 4.18 Å². The highest BCUT2D eigenvalue weighted by Crippen LogP contribution is 2.30. The summed E-state index contributed by atoms with van der Waals surface area (Å²) in [4.78, 5) is 0.161. The van der Waals surface area contributed by atoms with Crippen molar-refractivity contribution in [1.29, 1.82) is 0 Å². The van der Waals surface area contributed by atoms with Gasteiger partial charge in [-0.2, -0.15) is 8.42 Å². The lowest BCUT2D eigenvalue weighted by Gasteiger charge is -2.10. The van der Waals surface area contributed by atoms with Gasteiger partial charge in [0, 0.05) is 28.4 Å². The van der Waals surface area contributed by atoms with E-state index in [9.17, 15) is 8.42 Å². The van der Waals surface area contributed by atoms with Crippen LogP contribution in [-0.2, 0) is 14.3 Å². The molecule has 0 aromatic heterocycles. The molecule has 3 aromatic carbocycles. The van der Waals surface area contributed by atoms with Crippen molar-refractivity contribution in [1.82, 2.24) is 0 Å². The van der Waals surface area contributed by atoms with Gasteiger partial charge in [0.05, 0.1) is 0 Å². The van der Waals surface area contributed by atoms with Gasteiger partial charge < -0.3 is 4.18 Å². The van der Waals surface area contributed by atoms with E-state index in [2.05, 4.69) is 6.58 Å². The van der Waals surface area contributed by atoms with Crippen LogP contribution in [0.25, 0.3) is 21.5 Å². The fourth-order valence-corrected chi connectivity index (χ4v) is 3.62. The van der Waals surface area contributed by atoms with Gasteiger partial charge in [0.15, 0.2) is 0 Å². The molecule has 108 valence electrons. The number of rotatable bonds is 3. The summed E-state index contributed by atoms with van der Waals surface area (Å²) in [5, 5.41) is 3.62. The van der Waals surface area contributed by atoms with Gasteiger partial charge in [0.1, 0.15) is 10.7 Å². The predicted octanol–water partition coefficient (Wildman–Crippen LogP) is 3.85. The smallest absolute Gasteiger partial charge is 0.339 e. The van der Waals surface area contributed by atoms with E-state index in [1.165, 1.54) is 6.92 Å². The number of hydrogen-bond donors (Lipinski definition) is 0. The summed E-state index contributed by atoms with van der Waals surface area (Å²) in [6.45, 7) is 5.01. The van der Waals surface area contributed by atoms with Crippen LogP contribution in [0.3, 0.4) is 0 Å². The molecular formula is C17H14MgO3S. The fraction of sp³-hybridized carbons (Fsp3) is 0.0588. The minimum absolute atomic E-state index is 0. The fourth-order valence-electron chi connectivity index (χ4n) is 2.46. The second-order valence-corrected chi connectivity index (χ2v) is 6.39. The zero-order valence-corrected chi connectivity index (χ0v) is 14.5. The molecule has 0 amide bonds. The van der Waals surface area contributed by atoms with Gasteiger partial charge in [0.2, 0.25) is 0 Å². The number of hydrogen-bond acceptors (Lipinski definition) is 3. The monoisotopic (exact) mass is 322 g/mol. The molecule has 0 saturated carbocycles. The predicted molar refractivity (Wildman–Crippen MR) is 90.3 cm³/mol. The summed E-state index contributed by atoms with van der Waals surface area (Å²) >= 11 is 0. The first-order valence-corrected chi connectivity index (χ1v) is 7.90. The first-order chi connectivity index (χ1) is 9.99. The van der Waals surface area contributed by atoms with Crippen LogP contribution in [0.15, 0.2) is 71.8 Å². The summed E-state index contributed by atoms with van der Waals surface area (Å²) in [6.07, 6.45) is 0. The molecule has 0 N–H and O–H groups in total. The minimum atomic E-state index is -3.85. The Kier molecular flexibility index (Phi) is 4.80. The summed E-state index contributed by atoms with van der Waals surface area (Å²) < 4.78 is 29.5. The molecule has 22 heavy (non-hydrogen) atoms. The second-order valence-electron chi connectivity index (χ2n) is 4.88. The zero-order chi connectivity index (χ0) is 15.0. The molecule has 0 fully saturated rings. The molecule has 0 bridgehead atoms. The van der Waals surface area contributed by atoms with Gasteiger partial charge in [-0.25, -0.2) is 0 Å². The first-order valence-electron chi connectivity index (χ1n) is 6.49. The highest BCUT2D eigenvalue weighted by atomic mass is 32.2. The van der Waals surface area contributed by atoms with Crippen molar-refractivity contribution < 1.29 is 12.6 Å². The molecule has 3 rings (SSSR count). The Bertz CT molecular complexity index is 962. The van der Waals surface area contributed by atoms with Crippen LogP contribution in [0.2, 0.25) is 0 Å². The van der Waals surface area contributed by atoms with Crippen LogP contribution in [0.1, 0.15) is 6.92 Å². The van der Waals surface area contributed by atoms with Gasteiger partial charge in [0.25, 0.3) is 0 Å². The summed E-state index contributed by atoms with van der Waals surface area (Å²) in [7, 11) is -3.85. The minimum Gasteiger partial charge on any atom is -0.384 e. The third kappa shape index (κ3) is 2.97. The van der Waals surface area contributed by atoms with E-state index in [1.54, 1.807) is 12.1 Å². The maximum absolute atomic E-state index is 12.3. The van der Waals surface area contributed by atoms with E-state index in [0.29, 0.717) is 5.39 Å². The Balaban J connectivity index is 0.00000176. The number of benzene rings is 3. The van der Waals surface area contributed by atoms with Crippen molar-refractivity contribution in [3.8, 4) is 0 Å². The SMILES string of the molecule is C=C(C)OS(=O)(=O)c1cccc2c1ccc1ccccc12.[Mg]. The van der Waals surface area contributed by atoms with Gasteiger partial charge in [-0.1, -0.05) is 55.1 Å². The molecule has 3 aromatic rings. The van der Waals surface area contributed by atoms with Crippen molar-refractivity contribution in [2.24, 2.45) is 0 Å². The molecule has 0 heterocycles. The van der Waals surface area contributed by atoms with E-state index < -0.39 is 10.1 Å². The highest BCUT2D eigenvalue weighted by molar-refractivity contribution is 7.87. The van der Waals surface area contributed by atoms with Crippen LogP contribution in [0.5, 0.6) is 0 Å². The van der Waals surface area contributed by atoms with Crippen LogP contribution in [0, 0.1) is 0 Å². The zero-order valence-electron chi connectivity index (χ0n) is 12.2. The van der Waals surface area contributed by atoms with E-state index in [-0.39, 0.29) is 33.7 Å². The quantitative estimate of drug-likeness (QED) is 0.318. The average molecular weight is 323 g/mol. The molecule has 0 spiro atoms. The molecular weight excluding hydrogens is 309 g/mol. The van der Waals surface area contributed by atoms with Gasteiger partial charge in [-0.3, -0.25) is 0 Å². The van der Waals surface area contributed by atoms with E-state index >= 15 is 0 Å². The summed E-state index contributed by atoms with van der Waals surface area (Å²) in [6, 6.07) is 16.8. The van der Waals surface area contributed by atoms with Crippen LogP contribution in [-0.4, -0.2) is 31.5 Å². The maximum atomic E-state index is 12.3. The lowest BCUT2D eigenvalue weighted by atomic mass is 10.0. The molecule has 0 aliphatic carbocycles. The molecule has 3 nitrogen and oxygen atoms in total. The number of fused-ring (bicyclic) bond motifs is 3. The van der Waals surface area contributed by atoms with Crippen molar-refractivity contribution >= 4 is 54.7 Å². The van der Waals surface area contributed by atoms with Crippen LogP contribution in [0.4, 0.5) is 0 Å². The van der Waals surface area contributed by atoms with Gasteiger partial charge >= 0.3 is 10.1 Å². The first kappa shape index (κ1) is 16.8. The van der Waals surface area contributed by atoms with E-state index in [0.717, 1.165) is 16.2 Å². The second kappa shape index (κ2) is 6.28.